The van der Waals surface area contributed by atoms with Crippen LogP contribution in [0, 0.1) is 5.92 Å². The third-order valence-corrected chi connectivity index (χ3v) is 2.90. The summed E-state index contributed by atoms with van der Waals surface area (Å²) in [7, 11) is 0. The number of rotatable bonds is 8. The molecule has 17 heavy (non-hydrogen) atoms. The van der Waals surface area contributed by atoms with Crippen LogP contribution in [0.15, 0.2) is 24.3 Å². The van der Waals surface area contributed by atoms with Gasteiger partial charge in [0.25, 0.3) is 0 Å². The molecule has 0 aliphatic heterocycles. The number of aryl methyl sites for hydroxylation is 2. The van der Waals surface area contributed by atoms with Crippen molar-refractivity contribution in [2.24, 2.45) is 5.92 Å². The third-order valence-electron chi connectivity index (χ3n) is 2.90. The zero-order valence-electron chi connectivity index (χ0n) is 11.6. The van der Waals surface area contributed by atoms with Crippen LogP contribution in [0.4, 0.5) is 0 Å². The van der Waals surface area contributed by atoms with Crippen LogP contribution in [0.3, 0.4) is 0 Å². The monoisotopic (exact) mass is 233 g/mol. The van der Waals surface area contributed by atoms with Gasteiger partial charge in [-0.3, -0.25) is 0 Å². The summed E-state index contributed by atoms with van der Waals surface area (Å²) < 4.78 is 0. The van der Waals surface area contributed by atoms with Crippen molar-refractivity contribution in [3.63, 3.8) is 0 Å². The molecule has 0 bridgehead atoms. The van der Waals surface area contributed by atoms with E-state index in [9.17, 15) is 0 Å². The molecule has 1 aromatic carbocycles. The van der Waals surface area contributed by atoms with Crippen molar-refractivity contribution in [1.82, 2.24) is 5.32 Å². The molecule has 0 fully saturated rings. The molecular formula is C16H27N. The maximum atomic E-state index is 3.49. The second-order valence-electron chi connectivity index (χ2n) is 5.27. The smallest absolute Gasteiger partial charge is 0.00258 e. The molecule has 96 valence electrons. The van der Waals surface area contributed by atoms with Crippen LogP contribution < -0.4 is 5.32 Å². The van der Waals surface area contributed by atoms with E-state index >= 15 is 0 Å². The molecule has 0 heterocycles. The highest BCUT2D eigenvalue weighted by Crippen LogP contribution is 2.09. The first kappa shape index (κ1) is 14.2. The maximum Gasteiger partial charge on any atom is -0.00258 e. The summed E-state index contributed by atoms with van der Waals surface area (Å²) in [5.74, 6) is 0.753. The highest BCUT2D eigenvalue weighted by Gasteiger charge is 1.97. The molecule has 0 spiro atoms. The average Bonchev–Trinajstić information content (AvgIpc) is 2.29. The van der Waals surface area contributed by atoms with E-state index in [2.05, 4.69) is 50.4 Å². The standard InChI is InChI=1S/C16H27N/c1-4-7-15-8-5-9-16(12-15)10-6-11-17-13-14(2)3/h5,8-9,12,14,17H,4,6-7,10-11,13H2,1-3H3. The van der Waals surface area contributed by atoms with E-state index in [4.69, 9.17) is 0 Å². The molecule has 0 aromatic heterocycles. The largest absolute Gasteiger partial charge is 0.316 e. The minimum atomic E-state index is 0.753. The summed E-state index contributed by atoms with van der Waals surface area (Å²) >= 11 is 0. The first-order chi connectivity index (χ1) is 8.22. The van der Waals surface area contributed by atoms with E-state index in [1.807, 2.05) is 0 Å². The van der Waals surface area contributed by atoms with Gasteiger partial charge in [-0.05, 0) is 49.4 Å². The quantitative estimate of drug-likeness (QED) is 0.673. The highest BCUT2D eigenvalue weighted by atomic mass is 14.8. The van der Waals surface area contributed by atoms with E-state index in [1.165, 1.54) is 36.8 Å². The Morgan fingerprint density at radius 3 is 2.47 bits per heavy atom. The molecule has 0 aliphatic carbocycles. The van der Waals surface area contributed by atoms with Crippen molar-refractivity contribution >= 4 is 0 Å². The topological polar surface area (TPSA) is 12.0 Å². The molecule has 0 aliphatic rings. The van der Waals surface area contributed by atoms with Gasteiger partial charge in [0.05, 0.1) is 0 Å². The van der Waals surface area contributed by atoms with E-state index < -0.39 is 0 Å². The second-order valence-corrected chi connectivity index (χ2v) is 5.27. The number of hydrogen-bond donors (Lipinski definition) is 1. The summed E-state index contributed by atoms with van der Waals surface area (Å²) in [6, 6.07) is 9.05. The molecule has 1 nitrogen and oxygen atoms in total. The van der Waals surface area contributed by atoms with Crippen molar-refractivity contribution in [2.45, 2.75) is 46.5 Å². The minimum absolute atomic E-state index is 0.753. The molecular weight excluding hydrogens is 206 g/mol. The zero-order chi connectivity index (χ0) is 12.5. The van der Waals surface area contributed by atoms with Crippen LogP contribution in [0.1, 0.15) is 44.7 Å². The van der Waals surface area contributed by atoms with Gasteiger partial charge in [-0.2, -0.15) is 0 Å². The Hall–Kier alpha value is -0.820. The summed E-state index contributed by atoms with van der Waals surface area (Å²) in [5, 5.41) is 3.49. The summed E-state index contributed by atoms with van der Waals surface area (Å²) in [6.45, 7) is 9.01. The van der Waals surface area contributed by atoms with Crippen molar-refractivity contribution in [2.75, 3.05) is 13.1 Å². The Morgan fingerprint density at radius 2 is 1.82 bits per heavy atom. The lowest BCUT2D eigenvalue weighted by Crippen LogP contribution is -2.21. The van der Waals surface area contributed by atoms with Crippen LogP contribution in [-0.4, -0.2) is 13.1 Å². The summed E-state index contributed by atoms with van der Waals surface area (Å²) in [4.78, 5) is 0. The Labute approximate surface area is 107 Å². The number of nitrogens with one attached hydrogen (secondary N) is 1. The van der Waals surface area contributed by atoms with Gasteiger partial charge >= 0.3 is 0 Å². The van der Waals surface area contributed by atoms with Gasteiger partial charge in [0.1, 0.15) is 0 Å². The predicted molar refractivity (Wildman–Crippen MR) is 76.5 cm³/mol. The van der Waals surface area contributed by atoms with E-state index in [1.54, 1.807) is 0 Å². The molecule has 1 rings (SSSR count). The lowest BCUT2D eigenvalue weighted by atomic mass is 10.0. The van der Waals surface area contributed by atoms with E-state index in [0.29, 0.717) is 0 Å². The van der Waals surface area contributed by atoms with Gasteiger partial charge in [0.2, 0.25) is 0 Å². The van der Waals surface area contributed by atoms with Gasteiger partial charge in [-0.15, -0.1) is 0 Å². The van der Waals surface area contributed by atoms with E-state index in [-0.39, 0.29) is 0 Å². The average molecular weight is 233 g/mol. The highest BCUT2D eigenvalue weighted by molar-refractivity contribution is 5.23. The first-order valence-electron chi connectivity index (χ1n) is 7.01. The van der Waals surface area contributed by atoms with Crippen molar-refractivity contribution in [1.29, 1.82) is 0 Å². The lowest BCUT2D eigenvalue weighted by molar-refractivity contribution is 0.543. The fourth-order valence-electron chi connectivity index (χ4n) is 2.04. The second kappa shape index (κ2) is 8.30. The molecule has 0 amide bonds. The normalized spacial score (nSPS) is 11.1. The van der Waals surface area contributed by atoms with Gasteiger partial charge in [-0.25, -0.2) is 0 Å². The Bertz CT molecular complexity index is 304. The van der Waals surface area contributed by atoms with Gasteiger partial charge in [-0.1, -0.05) is 51.5 Å². The van der Waals surface area contributed by atoms with Crippen molar-refractivity contribution in [3.05, 3.63) is 35.4 Å². The van der Waals surface area contributed by atoms with Gasteiger partial charge in [0, 0.05) is 0 Å². The Balaban J connectivity index is 2.24. The van der Waals surface area contributed by atoms with Crippen LogP contribution in [0.5, 0.6) is 0 Å². The molecule has 0 saturated heterocycles. The van der Waals surface area contributed by atoms with Crippen LogP contribution in [-0.2, 0) is 12.8 Å². The van der Waals surface area contributed by atoms with Gasteiger partial charge < -0.3 is 5.32 Å². The fourth-order valence-corrected chi connectivity index (χ4v) is 2.04. The van der Waals surface area contributed by atoms with E-state index in [0.717, 1.165) is 19.0 Å². The van der Waals surface area contributed by atoms with Crippen molar-refractivity contribution in [3.8, 4) is 0 Å². The third kappa shape index (κ3) is 6.48. The molecule has 1 N–H and O–H groups in total. The first-order valence-corrected chi connectivity index (χ1v) is 7.01. The number of benzene rings is 1. The SMILES string of the molecule is CCCc1cccc(CCCNCC(C)C)c1. The Morgan fingerprint density at radius 1 is 1.12 bits per heavy atom. The molecule has 1 heteroatoms. The molecule has 0 radical (unpaired) electrons. The van der Waals surface area contributed by atoms with Crippen LogP contribution in [0.2, 0.25) is 0 Å². The minimum Gasteiger partial charge on any atom is -0.316 e. The van der Waals surface area contributed by atoms with Crippen LogP contribution in [0.25, 0.3) is 0 Å². The fraction of sp³-hybridized carbons (Fsp3) is 0.625. The summed E-state index contributed by atoms with van der Waals surface area (Å²) in [6.07, 6.45) is 4.88. The molecule has 0 saturated carbocycles. The molecule has 1 aromatic rings. The Kier molecular flexibility index (Phi) is 6.95. The lowest BCUT2D eigenvalue weighted by Gasteiger charge is -2.08. The maximum absolute atomic E-state index is 3.49. The van der Waals surface area contributed by atoms with Crippen LogP contribution >= 0.6 is 0 Å². The van der Waals surface area contributed by atoms with Crippen molar-refractivity contribution < 1.29 is 0 Å². The molecule has 0 unspecified atom stereocenters. The summed E-state index contributed by atoms with van der Waals surface area (Å²) in [5.41, 5.74) is 2.97. The predicted octanol–water partition coefficient (Wildman–Crippen LogP) is 3.82. The van der Waals surface area contributed by atoms with Gasteiger partial charge in [0.15, 0.2) is 0 Å². The number of hydrogen-bond acceptors (Lipinski definition) is 1. The molecule has 0 atom stereocenters. The zero-order valence-corrected chi connectivity index (χ0v) is 11.6.